The molecule has 2 N–H and O–H groups in total. The molecule has 3 nitrogen and oxygen atoms in total. The van der Waals surface area contributed by atoms with E-state index in [0.29, 0.717) is 10.7 Å². The second-order valence-corrected chi connectivity index (χ2v) is 4.37. The number of nitrogens with two attached hydrogens (primary N) is 1. The highest BCUT2D eigenvalue weighted by Gasteiger charge is 2.11. The molecular weight excluding hydrogens is 238 g/mol. The summed E-state index contributed by atoms with van der Waals surface area (Å²) in [5.41, 5.74) is 9.13. The average molecular weight is 254 g/mol. The number of esters is 1. The molecule has 4 heteroatoms. The fraction of sp³-hybridized carbons (Fsp3) is 0.308. The summed E-state index contributed by atoms with van der Waals surface area (Å²) < 4.78 is 4.68. The van der Waals surface area contributed by atoms with Crippen LogP contribution in [0.1, 0.15) is 25.8 Å². The zero-order chi connectivity index (χ0) is 13.0. The quantitative estimate of drug-likeness (QED) is 0.664. The Morgan fingerprint density at radius 3 is 2.53 bits per heavy atom. The van der Waals surface area contributed by atoms with Crippen LogP contribution in [0.2, 0.25) is 5.02 Å². The molecule has 0 heterocycles. The first kappa shape index (κ1) is 13.6. The molecule has 0 aliphatic carbocycles. The first-order chi connectivity index (χ1) is 7.95. The average Bonchev–Trinajstić information content (AvgIpc) is 2.29. The first-order valence-corrected chi connectivity index (χ1v) is 5.62. The van der Waals surface area contributed by atoms with E-state index in [1.165, 1.54) is 7.11 Å². The lowest BCUT2D eigenvalue weighted by atomic mass is 9.98. The fourth-order valence-electron chi connectivity index (χ4n) is 1.52. The lowest BCUT2D eigenvalue weighted by Crippen LogP contribution is -2.03. The summed E-state index contributed by atoms with van der Waals surface area (Å²) in [6.45, 7) is 3.89. The van der Waals surface area contributed by atoms with E-state index in [2.05, 4.69) is 4.74 Å². The summed E-state index contributed by atoms with van der Waals surface area (Å²) in [6.07, 6.45) is 0.236. The van der Waals surface area contributed by atoms with Crippen LogP contribution in [0.5, 0.6) is 0 Å². The molecule has 0 bridgehead atoms. The van der Waals surface area contributed by atoms with Gasteiger partial charge in [0.1, 0.15) is 0 Å². The number of carbonyl (C=O) groups excluding carboxylic acids is 1. The molecule has 0 spiro atoms. The maximum Gasteiger partial charge on any atom is 0.309 e. The lowest BCUT2D eigenvalue weighted by molar-refractivity contribution is -0.139. The van der Waals surface area contributed by atoms with Gasteiger partial charge in [0, 0.05) is 0 Å². The van der Waals surface area contributed by atoms with Gasteiger partial charge in [-0.15, -0.1) is 0 Å². The number of nitrogen functional groups attached to an aromatic ring is 1. The minimum atomic E-state index is -0.269. The summed E-state index contributed by atoms with van der Waals surface area (Å²) in [5.74, 6) is -0.269. The SMILES string of the molecule is COC(=O)CC(=C(C)C)c1ccc(Cl)c(N)c1. The van der Waals surface area contributed by atoms with Crippen LogP contribution >= 0.6 is 11.6 Å². The standard InChI is InChI=1S/C13H16ClNO2/c1-8(2)10(7-13(16)17-3)9-4-5-11(14)12(15)6-9/h4-6H,7,15H2,1-3H3. The molecule has 0 radical (unpaired) electrons. The highest BCUT2D eigenvalue weighted by Crippen LogP contribution is 2.28. The predicted molar refractivity (Wildman–Crippen MR) is 70.8 cm³/mol. The van der Waals surface area contributed by atoms with Crippen molar-refractivity contribution in [2.75, 3.05) is 12.8 Å². The molecule has 0 saturated carbocycles. The van der Waals surface area contributed by atoms with Crippen LogP contribution in [0, 0.1) is 0 Å². The molecule has 17 heavy (non-hydrogen) atoms. The van der Waals surface area contributed by atoms with E-state index in [1.54, 1.807) is 12.1 Å². The maximum absolute atomic E-state index is 11.3. The molecule has 0 atom stereocenters. The van der Waals surface area contributed by atoms with E-state index < -0.39 is 0 Å². The van der Waals surface area contributed by atoms with Crippen molar-refractivity contribution < 1.29 is 9.53 Å². The monoisotopic (exact) mass is 253 g/mol. The molecule has 0 aromatic heterocycles. The van der Waals surface area contributed by atoms with Crippen LogP contribution in [0.3, 0.4) is 0 Å². The number of anilines is 1. The number of benzene rings is 1. The maximum atomic E-state index is 11.3. The van der Waals surface area contributed by atoms with Gasteiger partial charge in [0.25, 0.3) is 0 Å². The topological polar surface area (TPSA) is 52.3 Å². The zero-order valence-corrected chi connectivity index (χ0v) is 11.0. The third-order valence-corrected chi connectivity index (χ3v) is 2.84. The normalized spacial score (nSPS) is 9.88. The van der Waals surface area contributed by atoms with Gasteiger partial charge >= 0.3 is 5.97 Å². The number of carbonyl (C=O) groups is 1. The molecular formula is C13H16ClNO2. The van der Waals surface area contributed by atoms with Crippen molar-refractivity contribution in [2.45, 2.75) is 20.3 Å². The molecule has 0 amide bonds. The van der Waals surface area contributed by atoms with Crippen molar-refractivity contribution in [1.29, 1.82) is 0 Å². The van der Waals surface area contributed by atoms with Crippen molar-refractivity contribution in [3.8, 4) is 0 Å². The molecule has 0 saturated heterocycles. The Hall–Kier alpha value is -1.48. The van der Waals surface area contributed by atoms with Gasteiger partial charge in [-0.3, -0.25) is 4.79 Å². The minimum absolute atomic E-state index is 0.236. The number of methoxy groups -OCH3 is 1. The smallest absolute Gasteiger partial charge is 0.309 e. The number of allylic oxidation sites excluding steroid dienone is 1. The summed E-state index contributed by atoms with van der Waals surface area (Å²) >= 11 is 5.87. The van der Waals surface area contributed by atoms with E-state index in [1.807, 2.05) is 19.9 Å². The molecule has 0 unspecified atom stereocenters. The van der Waals surface area contributed by atoms with Crippen LogP contribution < -0.4 is 5.73 Å². The van der Waals surface area contributed by atoms with E-state index in [9.17, 15) is 4.79 Å². The molecule has 1 aromatic carbocycles. The first-order valence-electron chi connectivity index (χ1n) is 5.24. The van der Waals surface area contributed by atoms with Gasteiger partial charge in [-0.05, 0) is 37.1 Å². The minimum Gasteiger partial charge on any atom is -0.469 e. The van der Waals surface area contributed by atoms with Crippen LogP contribution in [0.4, 0.5) is 5.69 Å². The van der Waals surface area contributed by atoms with Crippen LogP contribution in [-0.4, -0.2) is 13.1 Å². The van der Waals surface area contributed by atoms with Crippen molar-refractivity contribution in [2.24, 2.45) is 0 Å². The highest BCUT2D eigenvalue weighted by atomic mass is 35.5. The Balaban J connectivity index is 3.12. The van der Waals surface area contributed by atoms with Crippen molar-refractivity contribution >= 4 is 28.8 Å². The van der Waals surface area contributed by atoms with Crippen molar-refractivity contribution in [1.82, 2.24) is 0 Å². The Kier molecular flexibility index (Phi) is 4.58. The molecule has 1 rings (SSSR count). The van der Waals surface area contributed by atoms with Crippen LogP contribution in [0.25, 0.3) is 5.57 Å². The lowest BCUT2D eigenvalue weighted by Gasteiger charge is -2.10. The largest absolute Gasteiger partial charge is 0.469 e. The van der Waals surface area contributed by atoms with Gasteiger partial charge in [-0.25, -0.2) is 0 Å². The summed E-state index contributed by atoms with van der Waals surface area (Å²) in [5, 5.41) is 0.514. The van der Waals surface area contributed by atoms with Gasteiger partial charge < -0.3 is 10.5 Å². The zero-order valence-electron chi connectivity index (χ0n) is 10.2. The fourth-order valence-corrected chi connectivity index (χ4v) is 1.63. The summed E-state index contributed by atoms with van der Waals surface area (Å²) in [7, 11) is 1.38. The van der Waals surface area contributed by atoms with E-state index >= 15 is 0 Å². The Bertz CT molecular complexity index is 462. The van der Waals surface area contributed by atoms with Crippen LogP contribution in [0.15, 0.2) is 23.8 Å². The van der Waals surface area contributed by atoms with Gasteiger partial charge in [0.2, 0.25) is 0 Å². The van der Waals surface area contributed by atoms with Gasteiger partial charge in [0.05, 0.1) is 24.2 Å². The number of halogens is 1. The molecule has 1 aromatic rings. The second-order valence-electron chi connectivity index (χ2n) is 3.97. The number of hydrogen-bond acceptors (Lipinski definition) is 3. The van der Waals surface area contributed by atoms with E-state index in [0.717, 1.165) is 16.7 Å². The Labute approximate surface area is 106 Å². The molecule has 0 fully saturated rings. The summed E-state index contributed by atoms with van der Waals surface area (Å²) in [6, 6.07) is 5.35. The molecule has 0 aliphatic heterocycles. The third kappa shape index (κ3) is 3.49. The van der Waals surface area contributed by atoms with Crippen LogP contribution in [-0.2, 0) is 9.53 Å². The van der Waals surface area contributed by atoms with Crippen molar-refractivity contribution in [3.05, 3.63) is 34.4 Å². The number of ether oxygens (including phenoxy) is 1. The molecule has 0 aliphatic rings. The Morgan fingerprint density at radius 1 is 1.41 bits per heavy atom. The van der Waals surface area contributed by atoms with Crippen molar-refractivity contribution in [3.63, 3.8) is 0 Å². The van der Waals surface area contributed by atoms with Gasteiger partial charge in [-0.1, -0.05) is 23.2 Å². The van der Waals surface area contributed by atoms with Gasteiger partial charge in [0.15, 0.2) is 0 Å². The number of rotatable bonds is 3. The third-order valence-electron chi connectivity index (χ3n) is 2.50. The predicted octanol–water partition coefficient (Wildman–Crippen LogP) is 3.28. The highest BCUT2D eigenvalue weighted by molar-refractivity contribution is 6.33. The molecule has 92 valence electrons. The number of hydrogen-bond donors (Lipinski definition) is 1. The van der Waals surface area contributed by atoms with Gasteiger partial charge in [-0.2, -0.15) is 0 Å². The Morgan fingerprint density at radius 2 is 2.06 bits per heavy atom. The summed E-state index contributed by atoms with van der Waals surface area (Å²) in [4.78, 5) is 11.3. The van der Waals surface area contributed by atoms with E-state index in [4.69, 9.17) is 17.3 Å². The van der Waals surface area contributed by atoms with E-state index in [-0.39, 0.29) is 12.4 Å². The second kappa shape index (κ2) is 5.73.